The SMILES string of the molecule is CCCS(SS)(SS)[Si](OC)(OC)OC.CCC[Si](OC)(OC)OC.N.N. The van der Waals surface area contributed by atoms with Crippen molar-refractivity contribution >= 4 is 67.3 Å². The van der Waals surface area contributed by atoms with E-state index in [4.69, 9.17) is 26.6 Å². The lowest BCUT2D eigenvalue weighted by molar-refractivity contribution is 0.123. The minimum absolute atomic E-state index is 0. The first-order valence-corrected chi connectivity index (χ1v) is 18.6. The molecular formula is C12H40N2O6S5Si2. The Morgan fingerprint density at radius 2 is 1.07 bits per heavy atom. The molecular weight excluding hydrogens is 485 g/mol. The molecule has 0 saturated heterocycles. The molecule has 0 aliphatic carbocycles. The van der Waals surface area contributed by atoms with E-state index in [0.29, 0.717) is 0 Å². The Bertz CT molecular complexity index is 314. The van der Waals surface area contributed by atoms with Crippen molar-refractivity contribution in [1.29, 1.82) is 0 Å². The fourth-order valence-corrected chi connectivity index (χ4v) is 26.7. The molecule has 0 radical (unpaired) electrons. The molecule has 172 valence electrons. The highest BCUT2D eigenvalue weighted by Gasteiger charge is 2.57. The van der Waals surface area contributed by atoms with E-state index in [9.17, 15) is 0 Å². The number of hydrogen-bond acceptors (Lipinski definition) is 12. The van der Waals surface area contributed by atoms with Crippen molar-refractivity contribution in [2.24, 2.45) is 0 Å². The molecule has 0 fully saturated rings. The van der Waals surface area contributed by atoms with Gasteiger partial charge in [0.25, 0.3) is 0 Å². The second-order valence-electron chi connectivity index (χ2n) is 4.63. The zero-order valence-electron chi connectivity index (χ0n) is 17.8. The highest BCUT2D eigenvalue weighted by molar-refractivity contribution is 9.50. The first kappa shape index (κ1) is 36.2. The van der Waals surface area contributed by atoms with Gasteiger partial charge in [-0.1, -0.05) is 27.8 Å². The predicted octanol–water partition coefficient (Wildman–Crippen LogP) is 5.16. The Labute approximate surface area is 186 Å². The number of thiol groups is 2. The van der Waals surface area contributed by atoms with Crippen LogP contribution in [0.4, 0.5) is 0 Å². The molecule has 0 bridgehead atoms. The topological polar surface area (TPSA) is 125 Å². The molecule has 15 heteroatoms. The summed E-state index contributed by atoms with van der Waals surface area (Å²) in [4.78, 5) is 0. The van der Waals surface area contributed by atoms with Crippen LogP contribution in [0.5, 0.6) is 0 Å². The summed E-state index contributed by atoms with van der Waals surface area (Å²) in [5.74, 6) is 0.955. The van der Waals surface area contributed by atoms with Gasteiger partial charge >= 0.3 is 16.8 Å². The fraction of sp³-hybridized carbons (Fsp3) is 1.00. The van der Waals surface area contributed by atoms with E-state index in [1.807, 2.05) is 0 Å². The minimum Gasteiger partial charge on any atom is -0.377 e. The third kappa shape index (κ3) is 10.1. The van der Waals surface area contributed by atoms with Gasteiger partial charge in [0.1, 0.15) is 0 Å². The van der Waals surface area contributed by atoms with Gasteiger partial charge in [-0.05, 0) is 31.8 Å². The third-order valence-electron chi connectivity index (χ3n) is 3.33. The summed E-state index contributed by atoms with van der Waals surface area (Å²) in [7, 11) is 6.52. The molecule has 0 aliphatic rings. The maximum atomic E-state index is 5.53. The van der Waals surface area contributed by atoms with Crippen LogP contribution in [-0.2, 0) is 26.6 Å². The van der Waals surface area contributed by atoms with Crippen LogP contribution in [0.1, 0.15) is 26.7 Å². The van der Waals surface area contributed by atoms with Crippen molar-refractivity contribution < 1.29 is 26.6 Å². The van der Waals surface area contributed by atoms with E-state index in [1.165, 1.54) is 19.7 Å². The van der Waals surface area contributed by atoms with Gasteiger partial charge in [-0.3, -0.25) is 0 Å². The Hall–Kier alpha value is 1.86. The molecule has 8 nitrogen and oxygen atoms in total. The summed E-state index contributed by atoms with van der Waals surface area (Å²) in [6.07, 6.45) is 2.06. The van der Waals surface area contributed by atoms with E-state index < -0.39 is 24.3 Å². The number of rotatable bonds is 13. The molecule has 6 N–H and O–H groups in total. The molecule has 0 heterocycles. The Morgan fingerprint density at radius 1 is 0.704 bits per heavy atom. The van der Waals surface area contributed by atoms with E-state index in [-0.39, 0.29) is 12.3 Å². The van der Waals surface area contributed by atoms with Crippen molar-refractivity contribution in [2.45, 2.75) is 32.7 Å². The maximum Gasteiger partial charge on any atom is 0.575 e. The predicted molar refractivity (Wildman–Crippen MR) is 135 cm³/mol. The lowest BCUT2D eigenvalue weighted by Gasteiger charge is -2.43. The molecule has 0 spiro atoms. The van der Waals surface area contributed by atoms with E-state index in [1.54, 1.807) is 42.7 Å². The minimum atomic E-state index is -2.66. The maximum absolute atomic E-state index is 5.53. The van der Waals surface area contributed by atoms with Gasteiger partial charge in [-0.25, -0.2) is 0 Å². The van der Waals surface area contributed by atoms with Gasteiger partial charge in [0.2, 0.25) is 0 Å². The van der Waals surface area contributed by atoms with Crippen LogP contribution < -0.4 is 12.3 Å². The standard InChI is InChI=1S/C6H18O3S5Si.C6H16O3Si.2H3N/c1-5-6-14(12-10,13-11)15(7-2,8-3)9-4;1-5-6-10(7-2,8-3)9-4;;/h10-11H,5-6H2,1-4H3;5-6H2,1-4H3;2*1H3. The summed E-state index contributed by atoms with van der Waals surface area (Å²) in [6.45, 7) is 4.20. The van der Waals surface area contributed by atoms with Crippen molar-refractivity contribution in [1.82, 2.24) is 12.3 Å². The highest BCUT2D eigenvalue weighted by atomic mass is 33.9. The molecule has 0 aromatic heterocycles. The van der Waals surface area contributed by atoms with E-state index in [0.717, 1.165) is 24.6 Å². The normalized spacial score (nSPS) is 12.4. The molecule has 0 atom stereocenters. The van der Waals surface area contributed by atoms with Gasteiger partial charge in [0.05, 0.1) is 0 Å². The summed E-state index contributed by atoms with van der Waals surface area (Å²) in [6, 6.07) is 0.885. The van der Waals surface area contributed by atoms with Gasteiger partial charge in [-0.2, -0.15) is 0 Å². The van der Waals surface area contributed by atoms with Crippen LogP contribution in [0.25, 0.3) is 0 Å². The van der Waals surface area contributed by atoms with E-state index in [2.05, 4.69) is 37.2 Å². The van der Waals surface area contributed by atoms with Crippen molar-refractivity contribution in [3.05, 3.63) is 0 Å². The van der Waals surface area contributed by atoms with Gasteiger partial charge in [0, 0.05) is 48.7 Å². The van der Waals surface area contributed by atoms with Gasteiger partial charge < -0.3 is 38.9 Å². The lowest BCUT2D eigenvalue weighted by atomic mass is 10.6. The molecule has 0 aromatic carbocycles. The van der Waals surface area contributed by atoms with Gasteiger partial charge in [-0.15, -0.1) is 23.3 Å². The second-order valence-corrected chi connectivity index (χ2v) is 24.9. The van der Waals surface area contributed by atoms with Crippen molar-refractivity contribution in [3.8, 4) is 0 Å². The quantitative estimate of drug-likeness (QED) is 0.146. The summed E-state index contributed by atoms with van der Waals surface area (Å²) in [5, 5.41) is 0. The molecule has 0 unspecified atom stereocenters. The zero-order chi connectivity index (χ0) is 20.0. The highest BCUT2D eigenvalue weighted by Crippen LogP contribution is 2.78. The van der Waals surface area contributed by atoms with Crippen LogP contribution >= 0.6 is 50.5 Å². The second kappa shape index (κ2) is 19.8. The Morgan fingerprint density at radius 3 is 1.22 bits per heavy atom. The largest absolute Gasteiger partial charge is 0.575 e. The molecule has 0 saturated carbocycles. The van der Waals surface area contributed by atoms with Crippen LogP contribution in [0.3, 0.4) is 0 Å². The molecule has 27 heavy (non-hydrogen) atoms. The molecule has 0 aromatic rings. The van der Waals surface area contributed by atoms with Crippen LogP contribution in [-0.4, -0.2) is 65.2 Å². The molecule has 0 rings (SSSR count). The summed E-state index contributed by atoms with van der Waals surface area (Å²) in [5.41, 5.74) is 0. The van der Waals surface area contributed by atoms with Crippen molar-refractivity contribution in [3.63, 3.8) is 0 Å². The van der Waals surface area contributed by atoms with Crippen LogP contribution in [0.2, 0.25) is 6.04 Å². The molecule has 0 amide bonds. The third-order valence-corrected chi connectivity index (χ3v) is 32.2. The summed E-state index contributed by atoms with van der Waals surface area (Å²) < 4.78 is 32.1. The zero-order valence-corrected chi connectivity index (χ0v) is 24.0. The first-order valence-electron chi connectivity index (χ1n) is 7.63. The van der Waals surface area contributed by atoms with Gasteiger partial charge in [0.15, 0.2) is 0 Å². The summed E-state index contributed by atoms with van der Waals surface area (Å²) >= 11 is 8.70. The fourth-order valence-electron chi connectivity index (χ4n) is 2.07. The molecule has 0 aliphatic heterocycles. The average Bonchev–Trinajstić information content (AvgIpc) is 2.67. The smallest absolute Gasteiger partial charge is 0.377 e. The van der Waals surface area contributed by atoms with Crippen molar-refractivity contribution in [2.75, 3.05) is 48.4 Å². The lowest BCUT2D eigenvalue weighted by Crippen LogP contribution is -2.46. The van der Waals surface area contributed by atoms with Crippen LogP contribution in [0, 0.1) is 0 Å². The van der Waals surface area contributed by atoms with Crippen LogP contribution in [0.15, 0.2) is 0 Å². The Kier molecular flexibility index (Phi) is 26.6. The monoisotopic (exact) mass is 524 g/mol. The number of hydrogen-bond donors (Lipinski definition) is 4. The first-order chi connectivity index (χ1) is 11.9. The average molecular weight is 525 g/mol. The Balaban J connectivity index is -0.000000195. The van der Waals surface area contributed by atoms with E-state index >= 15 is 0 Å².